The van der Waals surface area contributed by atoms with E-state index in [1.165, 1.54) is 18.2 Å². The number of amides is 1. The largest absolute Gasteiger partial charge is 0.388 e. The Morgan fingerprint density at radius 1 is 1.24 bits per heavy atom. The third kappa shape index (κ3) is 4.65. The van der Waals surface area contributed by atoms with Crippen LogP contribution in [0.2, 0.25) is 0 Å². The van der Waals surface area contributed by atoms with Gasteiger partial charge in [0.1, 0.15) is 5.82 Å². The molecule has 0 radical (unpaired) electrons. The molecule has 2 aromatic carbocycles. The van der Waals surface area contributed by atoms with Gasteiger partial charge < -0.3 is 15.2 Å². The monoisotopic (exact) mass is 343 g/mol. The summed E-state index contributed by atoms with van der Waals surface area (Å²) in [4.78, 5) is 12.1. The van der Waals surface area contributed by atoms with Crippen molar-refractivity contribution in [2.24, 2.45) is 5.92 Å². The summed E-state index contributed by atoms with van der Waals surface area (Å²) in [7, 11) is 0. The second kappa shape index (κ2) is 8.23. The van der Waals surface area contributed by atoms with Crippen molar-refractivity contribution >= 4 is 5.91 Å². The van der Waals surface area contributed by atoms with E-state index in [1.807, 2.05) is 30.3 Å². The Balaban J connectivity index is 1.52. The van der Waals surface area contributed by atoms with Crippen molar-refractivity contribution in [1.82, 2.24) is 5.32 Å². The molecule has 1 amide bonds. The highest BCUT2D eigenvalue weighted by Gasteiger charge is 2.29. The van der Waals surface area contributed by atoms with Crippen LogP contribution >= 0.6 is 0 Å². The Kier molecular flexibility index (Phi) is 5.79. The predicted octanol–water partition coefficient (Wildman–Crippen LogP) is 3.14. The Morgan fingerprint density at radius 3 is 2.80 bits per heavy atom. The lowest BCUT2D eigenvalue weighted by Crippen LogP contribution is -2.31. The molecule has 0 unspecified atom stereocenters. The van der Waals surface area contributed by atoms with Crippen molar-refractivity contribution in [1.29, 1.82) is 0 Å². The van der Waals surface area contributed by atoms with Gasteiger partial charge in [0.25, 0.3) is 0 Å². The van der Waals surface area contributed by atoms with Gasteiger partial charge in [0.15, 0.2) is 0 Å². The van der Waals surface area contributed by atoms with E-state index >= 15 is 0 Å². The summed E-state index contributed by atoms with van der Waals surface area (Å²) in [6.07, 6.45) is -0.241. The second-order valence-corrected chi connectivity index (χ2v) is 6.33. The molecule has 0 aromatic heterocycles. The predicted molar refractivity (Wildman–Crippen MR) is 92.2 cm³/mol. The van der Waals surface area contributed by atoms with Crippen molar-refractivity contribution in [3.8, 4) is 0 Å². The summed E-state index contributed by atoms with van der Waals surface area (Å²) in [6.45, 7) is 1.17. The Labute approximate surface area is 146 Å². The van der Waals surface area contributed by atoms with Crippen molar-refractivity contribution in [3.63, 3.8) is 0 Å². The molecule has 0 aliphatic carbocycles. The fraction of sp³-hybridized carbons (Fsp3) is 0.350. The molecule has 1 saturated heterocycles. The van der Waals surface area contributed by atoms with Gasteiger partial charge in [-0.15, -0.1) is 0 Å². The van der Waals surface area contributed by atoms with Crippen molar-refractivity contribution < 1.29 is 19.0 Å². The number of aliphatic hydroxyl groups is 1. The normalized spacial score (nSPS) is 21.0. The molecule has 2 N–H and O–H groups in total. The highest BCUT2D eigenvalue weighted by atomic mass is 19.1. The van der Waals surface area contributed by atoms with E-state index in [4.69, 9.17) is 4.74 Å². The number of benzene rings is 2. The minimum atomic E-state index is -1.01. The number of carbonyl (C=O) groups is 1. The molecule has 1 aliphatic heterocycles. The van der Waals surface area contributed by atoms with Gasteiger partial charge in [-0.25, -0.2) is 4.39 Å². The SMILES string of the molecule is O=C(C[C@H](O)c1cccc(F)c1)NC[C@@H]1CCO[C@@H]1c1ccccc1. The number of nitrogens with one attached hydrogen (secondary N) is 1. The molecular weight excluding hydrogens is 321 g/mol. The summed E-state index contributed by atoms with van der Waals surface area (Å²) >= 11 is 0. The molecule has 0 bridgehead atoms. The first-order chi connectivity index (χ1) is 12.1. The molecule has 4 nitrogen and oxygen atoms in total. The highest BCUT2D eigenvalue weighted by Crippen LogP contribution is 2.33. The minimum Gasteiger partial charge on any atom is -0.388 e. The average Bonchev–Trinajstić information content (AvgIpc) is 3.09. The third-order valence-corrected chi connectivity index (χ3v) is 4.52. The van der Waals surface area contributed by atoms with Gasteiger partial charge in [0, 0.05) is 19.1 Å². The third-order valence-electron chi connectivity index (χ3n) is 4.52. The van der Waals surface area contributed by atoms with E-state index in [1.54, 1.807) is 6.07 Å². The van der Waals surface area contributed by atoms with E-state index in [-0.39, 0.29) is 24.3 Å². The van der Waals surface area contributed by atoms with Crippen molar-refractivity contribution in [3.05, 3.63) is 71.5 Å². The minimum absolute atomic E-state index is 0.0188. The number of rotatable bonds is 6. The first-order valence-corrected chi connectivity index (χ1v) is 8.50. The van der Waals surface area contributed by atoms with Crippen LogP contribution in [0.1, 0.15) is 36.2 Å². The first kappa shape index (κ1) is 17.6. The molecule has 3 rings (SSSR count). The average molecular weight is 343 g/mol. The van der Waals surface area contributed by atoms with Gasteiger partial charge in [0.05, 0.1) is 18.6 Å². The number of hydrogen-bond donors (Lipinski definition) is 2. The number of halogens is 1. The highest BCUT2D eigenvalue weighted by molar-refractivity contribution is 5.76. The van der Waals surface area contributed by atoms with Gasteiger partial charge in [-0.1, -0.05) is 42.5 Å². The van der Waals surface area contributed by atoms with Crippen LogP contribution in [-0.2, 0) is 9.53 Å². The maximum absolute atomic E-state index is 13.2. The Bertz CT molecular complexity index is 707. The Morgan fingerprint density at radius 2 is 2.04 bits per heavy atom. The number of carbonyl (C=O) groups excluding carboxylic acids is 1. The summed E-state index contributed by atoms with van der Waals surface area (Å²) < 4.78 is 19.0. The van der Waals surface area contributed by atoms with E-state index in [0.717, 1.165) is 12.0 Å². The fourth-order valence-corrected chi connectivity index (χ4v) is 3.18. The van der Waals surface area contributed by atoms with Gasteiger partial charge >= 0.3 is 0 Å². The van der Waals surface area contributed by atoms with E-state index < -0.39 is 11.9 Å². The molecule has 3 atom stereocenters. The Hall–Kier alpha value is -2.24. The topological polar surface area (TPSA) is 58.6 Å². The maximum atomic E-state index is 13.2. The summed E-state index contributed by atoms with van der Waals surface area (Å²) in [5.41, 5.74) is 1.51. The van der Waals surface area contributed by atoms with Crippen LogP contribution in [0.5, 0.6) is 0 Å². The molecule has 132 valence electrons. The van der Waals surface area contributed by atoms with Crippen molar-refractivity contribution in [2.75, 3.05) is 13.2 Å². The molecular formula is C20H22FNO3. The lowest BCUT2D eigenvalue weighted by Gasteiger charge is -2.20. The standard InChI is InChI=1S/C20H22FNO3/c21-17-8-4-7-15(11-17)18(23)12-19(24)22-13-16-9-10-25-20(16)14-5-2-1-3-6-14/h1-8,11,16,18,20,23H,9-10,12-13H2,(H,22,24)/t16-,18-,20+/m0/s1. The molecule has 1 aliphatic rings. The molecule has 2 aromatic rings. The van der Waals surface area contributed by atoms with Crippen LogP contribution in [0, 0.1) is 11.7 Å². The van der Waals surface area contributed by atoms with Gasteiger partial charge in [-0.05, 0) is 29.7 Å². The van der Waals surface area contributed by atoms with E-state index in [9.17, 15) is 14.3 Å². The zero-order chi connectivity index (χ0) is 17.6. The van der Waals surface area contributed by atoms with Crippen LogP contribution in [0.3, 0.4) is 0 Å². The lowest BCUT2D eigenvalue weighted by molar-refractivity contribution is -0.123. The van der Waals surface area contributed by atoms with Gasteiger partial charge in [-0.3, -0.25) is 4.79 Å². The lowest BCUT2D eigenvalue weighted by atomic mass is 9.95. The smallest absolute Gasteiger partial charge is 0.222 e. The summed E-state index contributed by atoms with van der Waals surface area (Å²) in [6, 6.07) is 15.6. The van der Waals surface area contributed by atoms with Crippen molar-refractivity contribution in [2.45, 2.75) is 25.0 Å². The zero-order valence-corrected chi connectivity index (χ0v) is 13.9. The van der Waals surface area contributed by atoms with Crippen LogP contribution in [0.25, 0.3) is 0 Å². The summed E-state index contributed by atoms with van der Waals surface area (Å²) in [5.74, 6) is -0.473. The molecule has 1 fully saturated rings. The second-order valence-electron chi connectivity index (χ2n) is 6.33. The molecule has 1 heterocycles. The molecule has 0 saturated carbocycles. The summed E-state index contributed by atoms with van der Waals surface area (Å²) in [5, 5.41) is 13.0. The van der Waals surface area contributed by atoms with Gasteiger partial charge in [-0.2, -0.15) is 0 Å². The number of ether oxygens (including phenoxy) is 1. The van der Waals surface area contributed by atoms with Gasteiger partial charge in [0.2, 0.25) is 5.91 Å². The molecule has 25 heavy (non-hydrogen) atoms. The van der Waals surface area contributed by atoms with E-state index in [2.05, 4.69) is 5.32 Å². The maximum Gasteiger partial charge on any atom is 0.222 e. The quantitative estimate of drug-likeness (QED) is 0.847. The first-order valence-electron chi connectivity index (χ1n) is 8.50. The van der Waals surface area contributed by atoms with Crippen LogP contribution in [-0.4, -0.2) is 24.2 Å². The van der Waals surface area contributed by atoms with Crippen LogP contribution < -0.4 is 5.32 Å². The molecule has 0 spiro atoms. The van der Waals surface area contributed by atoms with E-state index in [0.29, 0.717) is 18.7 Å². The number of hydrogen-bond acceptors (Lipinski definition) is 3. The van der Waals surface area contributed by atoms with Crippen LogP contribution in [0.15, 0.2) is 54.6 Å². The fourth-order valence-electron chi connectivity index (χ4n) is 3.18. The van der Waals surface area contributed by atoms with Crippen LogP contribution in [0.4, 0.5) is 4.39 Å². The molecule has 5 heteroatoms. The zero-order valence-electron chi connectivity index (χ0n) is 13.9. The number of aliphatic hydroxyl groups excluding tert-OH is 1.